The zero-order chi connectivity index (χ0) is 19.4. The number of aryl methyl sites for hydroxylation is 1. The van der Waals surface area contributed by atoms with Crippen LogP contribution < -0.4 is 9.47 Å². The minimum Gasteiger partial charge on any atom is -0.491 e. The molecule has 0 fully saturated rings. The van der Waals surface area contributed by atoms with Gasteiger partial charge in [0.2, 0.25) is 0 Å². The Morgan fingerprint density at radius 3 is 1.59 bits per heavy atom. The van der Waals surface area contributed by atoms with Gasteiger partial charge in [-0.1, -0.05) is 12.1 Å². The van der Waals surface area contributed by atoms with Crippen LogP contribution in [0.25, 0.3) is 22.5 Å². The van der Waals surface area contributed by atoms with Gasteiger partial charge in [0.05, 0.1) is 30.8 Å². The molecule has 0 spiro atoms. The lowest BCUT2D eigenvalue weighted by molar-refractivity contribution is 0.242. The number of benzene rings is 2. The lowest BCUT2D eigenvalue weighted by atomic mass is 10.0. The normalized spacial score (nSPS) is 11.1. The van der Waals surface area contributed by atoms with Crippen molar-refractivity contribution in [3.05, 3.63) is 66.4 Å². The van der Waals surface area contributed by atoms with Crippen molar-refractivity contribution >= 4 is 0 Å². The third-order valence-electron chi connectivity index (χ3n) is 3.99. The summed E-state index contributed by atoms with van der Waals surface area (Å²) in [6.45, 7) is 10.1. The molecule has 3 rings (SSSR count). The molecule has 0 bridgehead atoms. The Hall–Kier alpha value is -2.81. The molecule has 0 N–H and O–H groups in total. The maximum atomic E-state index is 5.96. The number of rotatable bonds is 6. The molecule has 0 aliphatic heterocycles. The van der Waals surface area contributed by atoms with Crippen molar-refractivity contribution in [3.8, 4) is 33.9 Å². The third kappa shape index (κ3) is 5.10. The first kappa shape index (κ1) is 19.0. The average molecular weight is 363 g/mol. The molecule has 0 unspecified atom stereocenters. The van der Waals surface area contributed by atoms with E-state index in [1.807, 2.05) is 71.0 Å². The standard InChI is InChI=1S/C24H27O3/c1-16(2)25-22-10-6-19(7-11-22)21-14-18(5)27-24(15-21)20-8-12-23(13-9-20)26-17(3)4/h6-17H,1-5H3/q+1. The molecule has 140 valence electrons. The molecule has 3 nitrogen and oxygen atoms in total. The molecule has 0 saturated heterocycles. The highest BCUT2D eigenvalue weighted by Gasteiger charge is 2.16. The van der Waals surface area contributed by atoms with Crippen molar-refractivity contribution in [1.82, 2.24) is 0 Å². The summed E-state index contributed by atoms with van der Waals surface area (Å²) >= 11 is 0. The SMILES string of the molecule is Cc1cc(-c2ccc(OC(C)C)cc2)cc(-c2ccc(OC(C)C)cc2)[o+]1. The van der Waals surface area contributed by atoms with Gasteiger partial charge >= 0.3 is 11.5 Å². The Morgan fingerprint density at radius 1 is 0.630 bits per heavy atom. The first-order valence-corrected chi connectivity index (χ1v) is 9.39. The molecule has 0 aliphatic rings. The second-order valence-electron chi connectivity index (χ2n) is 7.20. The summed E-state index contributed by atoms with van der Waals surface area (Å²) in [6.07, 6.45) is 0.330. The Kier molecular flexibility index (Phi) is 5.80. The van der Waals surface area contributed by atoms with Gasteiger partial charge in [-0.3, -0.25) is 0 Å². The molecule has 1 aromatic heterocycles. The van der Waals surface area contributed by atoms with Gasteiger partial charge in [0, 0.05) is 11.6 Å². The van der Waals surface area contributed by atoms with Crippen LogP contribution >= 0.6 is 0 Å². The monoisotopic (exact) mass is 363 g/mol. The molecule has 0 saturated carbocycles. The van der Waals surface area contributed by atoms with Gasteiger partial charge in [0.1, 0.15) is 11.5 Å². The van der Waals surface area contributed by atoms with Crippen molar-refractivity contribution in [2.45, 2.75) is 46.8 Å². The molecule has 0 radical (unpaired) electrons. The maximum Gasteiger partial charge on any atom is 0.360 e. The zero-order valence-electron chi connectivity index (χ0n) is 16.7. The van der Waals surface area contributed by atoms with E-state index in [0.29, 0.717) is 0 Å². The van der Waals surface area contributed by atoms with Crippen LogP contribution in [-0.2, 0) is 0 Å². The van der Waals surface area contributed by atoms with Crippen LogP contribution in [0.3, 0.4) is 0 Å². The van der Waals surface area contributed by atoms with Crippen molar-refractivity contribution < 1.29 is 13.9 Å². The van der Waals surface area contributed by atoms with Crippen LogP contribution in [0.5, 0.6) is 11.5 Å². The van der Waals surface area contributed by atoms with Gasteiger partial charge in [-0.15, -0.1) is 0 Å². The van der Waals surface area contributed by atoms with E-state index in [2.05, 4.69) is 24.3 Å². The minimum atomic E-state index is 0.161. The highest BCUT2D eigenvalue weighted by atomic mass is 16.5. The van der Waals surface area contributed by atoms with Crippen LogP contribution in [0.1, 0.15) is 33.5 Å². The zero-order valence-corrected chi connectivity index (χ0v) is 16.7. The molecule has 1 heterocycles. The number of hydrogen-bond acceptors (Lipinski definition) is 2. The van der Waals surface area contributed by atoms with Crippen molar-refractivity contribution in [1.29, 1.82) is 0 Å². The highest BCUT2D eigenvalue weighted by molar-refractivity contribution is 5.70. The Balaban J connectivity index is 1.88. The lowest BCUT2D eigenvalue weighted by Crippen LogP contribution is -2.05. The minimum absolute atomic E-state index is 0.161. The summed E-state index contributed by atoms with van der Waals surface area (Å²) < 4.78 is 17.4. The van der Waals surface area contributed by atoms with Crippen LogP contribution in [0, 0.1) is 6.92 Å². The second kappa shape index (κ2) is 8.26. The fraction of sp³-hybridized carbons (Fsp3) is 0.292. The Labute approximate surface area is 161 Å². The molecule has 0 atom stereocenters. The summed E-state index contributed by atoms with van der Waals surface area (Å²) in [7, 11) is 0. The van der Waals surface area contributed by atoms with Gasteiger partial charge in [-0.05, 0) is 69.7 Å². The molecule has 0 amide bonds. The van der Waals surface area contributed by atoms with Crippen molar-refractivity contribution in [2.75, 3.05) is 0 Å². The summed E-state index contributed by atoms with van der Waals surface area (Å²) in [6, 6.07) is 20.3. The van der Waals surface area contributed by atoms with Crippen LogP contribution in [0.15, 0.2) is 65.1 Å². The summed E-state index contributed by atoms with van der Waals surface area (Å²) in [5.41, 5.74) is 3.27. The molecular formula is C24H27O3+. The van der Waals surface area contributed by atoms with E-state index in [1.54, 1.807) is 0 Å². The Morgan fingerprint density at radius 2 is 1.11 bits per heavy atom. The predicted molar refractivity (Wildman–Crippen MR) is 110 cm³/mol. The van der Waals surface area contributed by atoms with Crippen molar-refractivity contribution in [3.63, 3.8) is 0 Å². The Bertz CT molecular complexity index is 807. The van der Waals surface area contributed by atoms with Gasteiger partial charge in [0.25, 0.3) is 0 Å². The first-order chi connectivity index (χ1) is 12.9. The molecule has 27 heavy (non-hydrogen) atoms. The van der Waals surface area contributed by atoms with Crippen LogP contribution in [-0.4, -0.2) is 12.2 Å². The van der Waals surface area contributed by atoms with E-state index < -0.39 is 0 Å². The smallest absolute Gasteiger partial charge is 0.360 e. The highest BCUT2D eigenvalue weighted by Crippen LogP contribution is 2.30. The van der Waals surface area contributed by atoms with E-state index in [-0.39, 0.29) is 12.2 Å². The van der Waals surface area contributed by atoms with Gasteiger partial charge in [0.15, 0.2) is 0 Å². The van der Waals surface area contributed by atoms with Gasteiger partial charge in [-0.2, -0.15) is 0 Å². The average Bonchev–Trinajstić information content (AvgIpc) is 2.61. The summed E-state index contributed by atoms with van der Waals surface area (Å²) in [5.74, 6) is 3.45. The second-order valence-corrected chi connectivity index (χ2v) is 7.20. The van der Waals surface area contributed by atoms with Crippen LogP contribution in [0.2, 0.25) is 0 Å². The first-order valence-electron chi connectivity index (χ1n) is 9.39. The fourth-order valence-corrected chi connectivity index (χ4v) is 2.91. The molecule has 2 aromatic carbocycles. The quantitative estimate of drug-likeness (QED) is 0.452. The molecule has 0 aliphatic carbocycles. The molecule has 3 aromatic rings. The summed E-state index contributed by atoms with van der Waals surface area (Å²) in [5, 5.41) is 0. The maximum absolute atomic E-state index is 5.96. The number of ether oxygens (including phenoxy) is 2. The largest absolute Gasteiger partial charge is 0.491 e. The van der Waals surface area contributed by atoms with Crippen LogP contribution in [0.4, 0.5) is 0 Å². The van der Waals surface area contributed by atoms with E-state index in [9.17, 15) is 0 Å². The molecule has 3 heteroatoms. The van der Waals surface area contributed by atoms with E-state index in [1.165, 1.54) is 0 Å². The van der Waals surface area contributed by atoms with E-state index in [0.717, 1.165) is 39.7 Å². The predicted octanol–water partition coefficient (Wildman–Crippen LogP) is 6.78. The van der Waals surface area contributed by atoms with E-state index in [4.69, 9.17) is 13.9 Å². The van der Waals surface area contributed by atoms with Gasteiger partial charge < -0.3 is 9.47 Å². The van der Waals surface area contributed by atoms with E-state index >= 15 is 0 Å². The van der Waals surface area contributed by atoms with Crippen molar-refractivity contribution in [2.24, 2.45) is 0 Å². The topological polar surface area (TPSA) is 29.8 Å². The third-order valence-corrected chi connectivity index (χ3v) is 3.99. The summed E-state index contributed by atoms with van der Waals surface area (Å²) in [4.78, 5) is 0. The molecular weight excluding hydrogens is 336 g/mol. The number of hydrogen-bond donors (Lipinski definition) is 0. The lowest BCUT2D eigenvalue weighted by Gasteiger charge is -2.10. The fourth-order valence-electron chi connectivity index (χ4n) is 2.91. The van der Waals surface area contributed by atoms with Gasteiger partial charge in [-0.25, -0.2) is 4.42 Å².